The van der Waals surface area contributed by atoms with E-state index in [1.54, 1.807) is 0 Å². The van der Waals surface area contributed by atoms with Crippen molar-refractivity contribution >= 4 is 44.9 Å². The fourth-order valence-corrected chi connectivity index (χ4v) is 4.58. The molecule has 10 heteroatoms. The number of hydrogen-bond donors (Lipinski definition) is 1. The van der Waals surface area contributed by atoms with Gasteiger partial charge in [0, 0.05) is 6.04 Å². The maximum absolute atomic E-state index is 11.9. The molecule has 1 aromatic carbocycles. The first-order chi connectivity index (χ1) is 11.2. The summed E-state index contributed by atoms with van der Waals surface area (Å²) in [5, 5.41) is 2.79. The van der Waals surface area contributed by atoms with Crippen LogP contribution in [0.25, 0.3) is 0 Å². The van der Waals surface area contributed by atoms with Gasteiger partial charge in [-0.15, -0.1) is 0 Å². The minimum atomic E-state index is -3.10. The molecule has 1 aromatic rings. The molecule has 0 spiro atoms. The Labute approximate surface area is 149 Å². The Hall–Kier alpha value is -1.51. The van der Waals surface area contributed by atoms with Crippen LogP contribution in [-0.4, -0.2) is 51.6 Å². The van der Waals surface area contributed by atoms with Gasteiger partial charge in [0.25, 0.3) is 5.91 Å². The largest absolute Gasteiger partial charge is 0.494 e. The van der Waals surface area contributed by atoms with Crippen LogP contribution in [0.15, 0.2) is 12.1 Å². The Bertz CT molecular complexity index is 742. The van der Waals surface area contributed by atoms with Gasteiger partial charge in [-0.1, -0.05) is 23.2 Å². The molecule has 1 fully saturated rings. The van der Waals surface area contributed by atoms with E-state index < -0.39 is 34.4 Å². The zero-order valence-corrected chi connectivity index (χ0v) is 15.0. The van der Waals surface area contributed by atoms with Gasteiger partial charge >= 0.3 is 5.97 Å². The predicted molar refractivity (Wildman–Crippen MR) is 88.5 cm³/mol. The van der Waals surface area contributed by atoms with Gasteiger partial charge < -0.3 is 14.8 Å². The number of nitrogens with one attached hydrogen (secondary N) is 1. The summed E-state index contributed by atoms with van der Waals surface area (Å²) in [6.45, 7) is -0.531. The van der Waals surface area contributed by atoms with Crippen molar-refractivity contribution in [3.05, 3.63) is 27.7 Å². The second-order valence-electron chi connectivity index (χ2n) is 5.22. The van der Waals surface area contributed by atoms with E-state index in [4.69, 9.17) is 32.7 Å². The number of ether oxygens (including phenoxy) is 2. The molecule has 0 aromatic heterocycles. The standard InChI is InChI=1S/C14H15Cl2NO6S/c1-22-13-10(15)4-8(5-11(13)16)14(19)23-6-12(18)17-9-2-3-24(20,21)7-9/h4-5,9H,2-3,6-7H2,1H3,(H,17,18)/t9-/m0/s1. The van der Waals surface area contributed by atoms with E-state index in [0.717, 1.165) is 0 Å². The molecule has 0 bridgehead atoms. The third-order valence-corrected chi connectivity index (χ3v) is 5.70. The van der Waals surface area contributed by atoms with Gasteiger partial charge in [0.1, 0.15) is 0 Å². The first-order valence-corrected chi connectivity index (χ1v) is 9.49. The number of sulfone groups is 1. The predicted octanol–water partition coefficient (Wildman–Crippen LogP) is 1.46. The third-order valence-electron chi connectivity index (χ3n) is 3.37. The molecule has 0 radical (unpaired) electrons. The third kappa shape index (κ3) is 4.75. The quantitative estimate of drug-likeness (QED) is 0.757. The van der Waals surface area contributed by atoms with Gasteiger partial charge in [-0.25, -0.2) is 13.2 Å². The van der Waals surface area contributed by atoms with E-state index in [9.17, 15) is 18.0 Å². The molecule has 0 unspecified atom stereocenters. The normalized spacial score (nSPS) is 18.9. The van der Waals surface area contributed by atoms with Gasteiger partial charge in [0.2, 0.25) is 0 Å². The molecule has 0 saturated carbocycles. The summed E-state index contributed by atoms with van der Waals surface area (Å²) in [4.78, 5) is 23.7. The number of amides is 1. The van der Waals surface area contributed by atoms with Crippen molar-refractivity contribution in [2.24, 2.45) is 0 Å². The number of rotatable bonds is 5. The number of carbonyl (C=O) groups is 2. The minimum absolute atomic E-state index is 0.0422. The van der Waals surface area contributed by atoms with Crippen LogP contribution in [0.5, 0.6) is 5.75 Å². The molecule has 0 aliphatic carbocycles. The number of esters is 1. The Morgan fingerprint density at radius 1 is 1.29 bits per heavy atom. The summed E-state index contributed by atoms with van der Waals surface area (Å²) >= 11 is 11.9. The molecule has 1 atom stereocenters. The molecule has 7 nitrogen and oxygen atoms in total. The first-order valence-electron chi connectivity index (χ1n) is 6.92. The zero-order valence-electron chi connectivity index (χ0n) is 12.7. The van der Waals surface area contributed by atoms with Crippen molar-refractivity contribution in [2.75, 3.05) is 25.2 Å². The number of carbonyl (C=O) groups excluding carboxylic acids is 2. The highest BCUT2D eigenvalue weighted by atomic mass is 35.5. The summed E-state index contributed by atoms with van der Waals surface area (Å²) in [7, 11) is -1.71. The SMILES string of the molecule is COc1c(Cl)cc(C(=O)OCC(=O)N[C@H]2CCS(=O)(=O)C2)cc1Cl. The highest BCUT2D eigenvalue weighted by Gasteiger charge is 2.29. The molecular formula is C14H15Cl2NO6S. The van der Waals surface area contributed by atoms with E-state index >= 15 is 0 Å². The fourth-order valence-electron chi connectivity index (χ4n) is 2.27. The highest BCUT2D eigenvalue weighted by molar-refractivity contribution is 7.91. The van der Waals surface area contributed by atoms with Crippen LogP contribution in [-0.2, 0) is 19.4 Å². The number of benzene rings is 1. The molecule has 2 rings (SSSR count). The van der Waals surface area contributed by atoms with E-state index in [1.807, 2.05) is 0 Å². The lowest BCUT2D eigenvalue weighted by Crippen LogP contribution is -2.38. The lowest BCUT2D eigenvalue weighted by molar-refractivity contribution is -0.124. The van der Waals surface area contributed by atoms with E-state index in [1.165, 1.54) is 19.2 Å². The van der Waals surface area contributed by atoms with Crippen LogP contribution in [0, 0.1) is 0 Å². The molecule has 1 aliphatic heterocycles. The highest BCUT2D eigenvalue weighted by Crippen LogP contribution is 2.33. The Kier molecular flexibility index (Phi) is 5.95. The topological polar surface area (TPSA) is 98.8 Å². The van der Waals surface area contributed by atoms with Crippen LogP contribution >= 0.6 is 23.2 Å². The van der Waals surface area contributed by atoms with E-state index in [0.29, 0.717) is 6.42 Å². The van der Waals surface area contributed by atoms with E-state index in [-0.39, 0.29) is 32.9 Å². The lowest BCUT2D eigenvalue weighted by atomic mass is 10.2. The van der Waals surface area contributed by atoms with Crippen LogP contribution in [0.1, 0.15) is 16.8 Å². The average Bonchev–Trinajstić information content (AvgIpc) is 2.83. The number of methoxy groups -OCH3 is 1. The van der Waals surface area contributed by atoms with Gasteiger partial charge in [0.15, 0.2) is 22.2 Å². The molecule has 1 N–H and O–H groups in total. The van der Waals surface area contributed by atoms with Crippen LogP contribution in [0.2, 0.25) is 10.0 Å². The molecule has 132 valence electrons. The molecule has 1 heterocycles. The van der Waals surface area contributed by atoms with E-state index in [2.05, 4.69) is 5.32 Å². The van der Waals surface area contributed by atoms with Crippen molar-refractivity contribution in [2.45, 2.75) is 12.5 Å². The van der Waals surface area contributed by atoms with Gasteiger partial charge in [0.05, 0.1) is 34.2 Å². The van der Waals surface area contributed by atoms with Crippen LogP contribution < -0.4 is 10.1 Å². The number of hydrogen-bond acceptors (Lipinski definition) is 6. The van der Waals surface area contributed by atoms with Crippen molar-refractivity contribution in [1.82, 2.24) is 5.32 Å². The molecule has 1 aliphatic rings. The maximum Gasteiger partial charge on any atom is 0.338 e. The van der Waals surface area contributed by atoms with Crippen molar-refractivity contribution in [3.63, 3.8) is 0 Å². The molecule has 1 saturated heterocycles. The fraction of sp³-hybridized carbons (Fsp3) is 0.429. The summed E-state index contributed by atoms with van der Waals surface area (Å²) in [5.74, 6) is -1.18. The van der Waals surface area contributed by atoms with Crippen molar-refractivity contribution in [1.29, 1.82) is 0 Å². The lowest BCUT2D eigenvalue weighted by Gasteiger charge is -2.12. The van der Waals surface area contributed by atoms with Gasteiger partial charge in [-0.05, 0) is 18.6 Å². The summed E-state index contributed by atoms with van der Waals surface area (Å²) < 4.78 is 32.5. The monoisotopic (exact) mass is 395 g/mol. The summed E-state index contributed by atoms with van der Waals surface area (Å²) in [6, 6.07) is 2.18. The first kappa shape index (κ1) is 18.8. The molecular weight excluding hydrogens is 381 g/mol. The Balaban J connectivity index is 1.90. The second kappa shape index (κ2) is 7.58. The average molecular weight is 396 g/mol. The van der Waals surface area contributed by atoms with Crippen molar-refractivity contribution in [3.8, 4) is 5.75 Å². The van der Waals surface area contributed by atoms with Crippen molar-refractivity contribution < 1.29 is 27.5 Å². The molecule has 1 amide bonds. The zero-order chi connectivity index (χ0) is 17.9. The summed E-state index contributed by atoms with van der Waals surface area (Å²) in [6.07, 6.45) is 0.353. The minimum Gasteiger partial charge on any atom is -0.494 e. The Morgan fingerprint density at radius 2 is 1.92 bits per heavy atom. The van der Waals surface area contributed by atoms with Crippen LogP contribution in [0.4, 0.5) is 0 Å². The Morgan fingerprint density at radius 3 is 2.42 bits per heavy atom. The summed E-state index contributed by atoms with van der Waals surface area (Å²) in [5.41, 5.74) is 0.0713. The smallest absolute Gasteiger partial charge is 0.338 e. The van der Waals surface area contributed by atoms with Gasteiger partial charge in [-0.2, -0.15) is 0 Å². The number of halogens is 2. The van der Waals surface area contributed by atoms with Gasteiger partial charge in [-0.3, -0.25) is 4.79 Å². The second-order valence-corrected chi connectivity index (χ2v) is 8.26. The van der Waals surface area contributed by atoms with Crippen LogP contribution in [0.3, 0.4) is 0 Å². The maximum atomic E-state index is 11.9. The molecule has 24 heavy (non-hydrogen) atoms.